The molecule has 0 aliphatic heterocycles. The van der Waals surface area contributed by atoms with Crippen LogP contribution in [0, 0.1) is 6.92 Å². The van der Waals surface area contributed by atoms with Gasteiger partial charge < -0.3 is 14.3 Å². The predicted molar refractivity (Wildman–Crippen MR) is 63.8 cm³/mol. The summed E-state index contributed by atoms with van der Waals surface area (Å²) >= 11 is 0. The van der Waals surface area contributed by atoms with Crippen molar-refractivity contribution in [3.05, 3.63) is 53.2 Å². The first-order valence-electron chi connectivity index (χ1n) is 5.49. The van der Waals surface area contributed by atoms with Gasteiger partial charge in [0.25, 0.3) is 0 Å². The number of carbonyl (C=O) groups excluding carboxylic acids is 1. The molecule has 0 spiro atoms. The Hall–Kier alpha value is -2.63. The van der Waals surface area contributed by atoms with Crippen LogP contribution in [-0.4, -0.2) is 22.0 Å². The Kier molecular flexibility index (Phi) is 3.61. The molecule has 19 heavy (non-hydrogen) atoms. The summed E-state index contributed by atoms with van der Waals surface area (Å²) in [6.45, 7) is 1.52. The number of rotatable bonds is 4. The minimum Gasteiger partial charge on any atom is -0.475 e. The number of carbonyl (C=O) groups is 2. The molecule has 6 nitrogen and oxygen atoms in total. The fourth-order valence-corrected chi connectivity index (χ4v) is 1.47. The molecule has 1 aromatic carbocycles. The number of aromatic nitrogens is 1. The van der Waals surface area contributed by atoms with Gasteiger partial charge in [0.2, 0.25) is 5.76 Å². The van der Waals surface area contributed by atoms with E-state index in [9.17, 15) is 9.59 Å². The number of hydrogen-bond donors (Lipinski definition) is 1. The predicted octanol–water partition coefficient (Wildman–Crippen LogP) is 2.04. The van der Waals surface area contributed by atoms with Crippen molar-refractivity contribution in [2.75, 3.05) is 0 Å². The quantitative estimate of drug-likeness (QED) is 0.847. The van der Waals surface area contributed by atoms with Gasteiger partial charge in [-0.2, -0.15) is 0 Å². The lowest BCUT2D eigenvalue weighted by molar-refractivity contribution is 0.0422. The molecule has 0 aliphatic carbocycles. The summed E-state index contributed by atoms with van der Waals surface area (Å²) < 4.78 is 9.81. The van der Waals surface area contributed by atoms with Crippen molar-refractivity contribution < 1.29 is 23.8 Å². The van der Waals surface area contributed by atoms with Crippen LogP contribution in [0.25, 0.3) is 0 Å². The summed E-state index contributed by atoms with van der Waals surface area (Å²) in [5.41, 5.74) is 0.955. The van der Waals surface area contributed by atoms with E-state index in [0.29, 0.717) is 0 Å². The van der Waals surface area contributed by atoms with E-state index in [4.69, 9.17) is 14.3 Å². The van der Waals surface area contributed by atoms with Gasteiger partial charge in [-0.25, -0.2) is 14.6 Å². The molecular weight excluding hydrogens is 250 g/mol. The molecule has 0 bridgehead atoms. The highest BCUT2D eigenvalue weighted by atomic mass is 16.5. The third kappa shape index (κ3) is 2.98. The van der Waals surface area contributed by atoms with E-state index < -0.39 is 11.9 Å². The van der Waals surface area contributed by atoms with E-state index in [-0.39, 0.29) is 24.0 Å². The fourth-order valence-electron chi connectivity index (χ4n) is 1.47. The van der Waals surface area contributed by atoms with Gasteiger partial charge in [-0.05, 0) is 12.5 Å². The lowest BCUT2D eigenvalue weighted by Crippen LogP contribution is -2.05. The van der Waals surface area contributed by atoms with E-state index in [1.54, 1.807) is 12.1 Å². The summed E-state index contributed by atoms with van der Waals surface area (Å²) in [6.07, 6.45) is 0. The third-order valence-electron chi connectivity index (χ3n) is 2.38. The van der Waals surface area contributed by atoms with Crippen LogP contribution in [0.1, 0.15) is 32.5 Å². The third-order valence-corrected chi connectivity index (χ3v) is 2.38. The molecule has 6 heteroatoms. The van der Waals surface area contributed by atoms with Gasteiger partial charge in [0.05, 0.1) is 5.69 Å². The van der Waals surface area contributed by atoms with Crippen LogP contribution in [0.4, 0.5) is 0 Å². The molecule has 0 saturated heterocycles. The van der Waals surface area contributed by atoms with E-state index in [1.165, 1.54) is 6.92 Å². The Morgan fingerprint density at radius 3 is 2.58 bits per heavy atom. The number of oxazole rings is 1. The maximum Gasteiger partial charge on any atom is 0.395 e. The molecule has 98 valence electrons. The molecule has 1 heterocycles. The van der Waals surface area contributed by atoms with Crippen LogP contribution in [0.15, 0.2) is 34.7 Å². The van der Waals surface area contributed by atoms with Crippen LogP contribution in [0.3, 0.4) is 0 Å². The highest BCUT2D eigenvalue weighted by molar-refractivity contribution is 5.89. The summed E-state index contributed by atoms with van der Waals surface area (Å²) in [4.78, 5) is 26.1. The van der Waals surface area contributed by atoms with Gasteiger partial charge in [-0.1, -0.05) is 30.3 Å². The molecule has 2 aromatic rings. The molecule has 1 N–H and O–H groups in total. The average Bonchev–Trinajstić information content (AvgIpc) is 2.79. The molecule has 2 rings (SSSR count). The van der Waals surface area contributed by atoms with Gasteiger partial charge in [0.1, 0.15) is 6.61 Å². The average molecular weight is 261 g/mol. The van der Waals surface area contributed by atoms with Crippen molar-refractivity contribution in [3.8, 4) is 0 Å². The molecule has 0 atom stereocenters. The number of benzene rings is 1. The highest BCUT2D eigenvalue weighted by Crippen LogP contribution is 2.12. The fraction of sp³-hybridized carbons (Fsp3) is 0.154. The zero-order valence-corrected chi connectivity index (χ0v) is 10.1. The van der Waals surface area contributed by atoms with Crippen molar-refractivity contribution in [2.24, 2.45) is 0 Å². The number of nitrogens with zero attached hydrogens (tertiary/aromatic N) is 1. The number of aryl methyl sites for hydroxylation is 1. The zero-order valence-electron chi connectivity index (χ0n) is 10.1. The van der Waals surface area contributed by atoms with E-state index >= 15 is 0 Å². The molecule has 0 saturated carbocycles. The van der Waals surface area contributed by atoms with Crippen LogP contribution in [0.2, 0.25) is 0 Å². The summed E-state index contributed by atoms with van der Waals surface area (Å²) in [5.74, 6) is -2.77. The standard InChI is InChI=1S/C13H11NO5/c1-8-10(12(15)16)19-11(14-8)13(17)18-7-9-5-3-2-4-6-9/h2-6H,7H2,1H3,(H,15,16). The maximum absolute atomic E-state index is 11.6. The zero-order chi connectivity index (χ0) is 13.8. The Bertz CT molecular complexity index is 603. The Morgan fingerprint density at radius 2 is 2.00 bits per heavy atom. The van der Waals surface area contributed by atoms with Crippen LogP contribution in [0.5, 0.6) is 0 Å². The van der Waals surface area contributed by atoms with Crippen molar-refractivity contribution in [1.29, 1.82) is 0 Å². The van der Waals surface area contributed by atoms with Crippen molar-refractivity contribution in [2.45, 2.75) is 13.5 Å². The van der Waals surface area contributed by atoms with Crippen LogP contribution < -0.4 is 0 Å². The Balaban J connectivity index is 2.04. The second kappa shape index (κ2) is 5.34. The number of carboxylic acid groups (broad SMARTS) is 1. The Labute approximate surface area is 108 Å². The highest BCUT2D eigenvalue weighted by Gasteiger charge is 2.21. The SMILES string of the molecule is Cc1nc(C(=O)OCc2ccccc2)oc1C(=O)O. The topological polar surface area (TPSA) is 89.6 Å². The minimum atomic E-state index is -1.27. The van der Waals surface area contributed by atoms with Gasteiger partial charge in [-0.3, -0.25) is 0 Å². The lowest BCUT2D eigenvalue weighted by atomic mass is 10.2. The minimum absolute atomic E-state index is 0.0729. The first-order valence-corrected chi connectivity index (χ1v) is 5.49. The normalized spacial score (nSPS) is 10.2. The smallest absolute Gasteiger partial charge is 0.395 e. The molecular formula is C13H11NO5. The molecule has 0 unspecified atom stereocenters. The monoisotopic (exact) mass is 261 g/mol. The number of ether oxygens (including phenoxy) is 1. The number of hydrogen-bond acceptors (Lipinski definition) is 5. The van der Waals surface area contributed by atoms with E-state index in [0.717, 1.165) is 5.56 Å². The lowest BCUT2D eigenvalue weighted by Gasteiger charge is -2.01. The Morgan fingerprint density at radius 1 is 1.32 bits per heavy atom. The molecule has 0 fully saturated rings. The second-order valence-electron chi connectivity index (χ2n) is 3.80. The van der Waals surface area contributed by atoms with Crippen molar-refractivity contribution in [3.63, 3.8) is 0 Å². The largest absolute Gasteiger partial charge is 0.475 e. The van der Waals surface area contributed by atoms with Gasteiger partial charge in [0, 0.05) is 0 Å². The second-order valence-corrected chi connectivity index (χ2v) is 3.80. The van der Waals surface area contributed by atoms with Crippen molar-refractivity contribution >= 4 is 11.9 Å². The molecule has 0 amide bonds. The van der Waals surface area contributed by atoms with Crippen LogP contribution >= 0.6 is 0 Å². The van der Waals surface area contributed by atoms with Gasteiger partial charge in [0.15, 0.2) is 0 Å². The van der Waals surface area contributed by atoms with Gasteiger partial charge >= 0.3 is 17.8 Å². The van der Waals surface area contributed by atoms with E-state index in [2.05, 4.69) is 4.98 Å². The maximum atomic E-state index is 11.6. The van der Waals surface area contributed by atoms with Gasteiger partial charge in [-0.15, -0.1) is 0 Å². The van der Waals surface area contributed by atoms with E-state index in [1.807, 2.05) is 18.2 Å². The number of carboxylic acids is 1. The van der Waals surface area contributed by atoms with Crippen LogP contribution in [-0.2, 0) is 11.3 Å². The summed E-state index contributed by atoms with van der Waals surface area (Å²) in [5, 5.41) is 8.78. The van der Waals surface area contributed by atoms with Crippen molar-refractivity contribution in [1.82, 2.24) is 4.98 Å². The molecule has 0 radical (unpaired) electrons. The summed E-state index contributed by atoms with van der Waals surface area (Å²) in [7, 11) is 0. The molecule has 0 aliphatic rings. The first kappa shape index (κ1) is 12.8. The summed E-state index contributed by atoms with van der Waals surface area (Å²) in [6, 6.07) is 9.09. The first-order chi connectivity index (χ1) is 9.08. The number of aromatic carboxylic acids is 1. The number of esters is 1. The molecule has 1 aromatic heterocycles.